The molecule has 0 radical (unpaired) electrons. The summed E-state index contributed by atoms with van der Waals surface area (Å²) < 4.78 is 17.4. The maximum atomic E-state index is 12.8. The van der Waals surface area contributed by atoms with E-state index in [0.717, 1.165) is 17.7 Å². The number of aliphatic hydroxyl groups is 5. The molecule has 0 bridgehead atoms. The van der Waals surface area contributed by atoms with Crippen molar-refractivity contribution in [3.63, 3.8) is 0 Å². The van der Waals surface area contributed by atoms with Crippen molar-refractivity contribution in [1.29, 1.82) is 0 Å². The van der Waals surface area contributed by atoms with E-state index in [-0.39, 0.29) is 29.6 Å². The first kappa shape index (κ1) is 34.3. The number of aliphatic hydroxyl groups excluding tert-OH is 5. The standard InChI is InChI=1S/C35H47NO10/c1-19-6-11-27-34(2,13-12-28(35(27,3)18-38)46-33-31(42)30(41)29(40)26(17-37)45-33)24(19)10-8-21-15-23(44-32(21)43)14-20-7-9-22(36(4)5)16-25(20)39/h7-10,14-16,24,26-31,33,37-42H,1,6,11-13,17-18H2,2-5H3/t24?,26?,27?,28-,29?,30?,31?,33?,34-,35+/m1/s1. The minimum atomic E-state index is -1.56. The van der Waals surface area contributed by atoms with Crippen molar-refractivity contribution in [1.82, 2.24) is 0 Å². The van der Waals surface area contributed by atoms with Gasteiger partial charge in [0.2, 0.25) is 0 Å². The third-order valence-corrected chi connectivity index (χ3v) is 10.7. The lowest BCUT2D eigenvalue weighted by molar-refractivity contribution is -0.329. The Kier molecular flexibility index (Phi) is 9.87. The Balaban J connectivity index is 1.35. The van der Waals surface area contributed by atoms with Gasteiger partial charge in [0.25, 0.3) is 0 Å². The van der Waals surface area contributed by atoms with Gasteiger partial charge in [-0.3, -0.25) is 0 Å². The van der Waals surface area contributed by atoms with E-state index in [1.807, 2.05) is 38.1 Å². The van der Waals surface area contributed by atoms with Gasteiger partial charge in [-0.1, -0.05) is 38.2 Å². The van der Waals surface area contributed by atoms with Crippen LogP contribution in [0.3, 0.4) is 0 Å². The van der Waals surface area contributed by atoms with Crippen LogP contribution in [0.15, 0.2) is 59.9 Å². The number of anilines is 1. The van der Waals surface area contributed by atoms with Crippen LogP contribution in [0.4, 0.5) is 5.69 Å². The second-order valence-corrected chi connectivity index (χ2v) is 13.8. The van der Waals surface area contributed by atoms with E-state index < -0.39 is 54.8 Å². The van der Waals surface area contributed by atoms with Gasteiger partial charge in [0.05, 0.1) is 24.9 Å². The van der Waals surface area contributed by atoms with E-state index in [9.17, 15) is 35.4 Å². The number of fused-ring (bicyclic) bond motifs is 1. The minimum absolute atomic E-state index is 0.0399. The number of hydrogen-bond acceptors (Lipinski definition) is 11. The maximum Gasteiger partial charge on any atom is 0.343 e. The lowest BCUT2D eigenvalue weighted by Crippen LogP contribution is -2.63. The number of carbonyl (C=O) groups excluding carboxylic acids is 1. The third-order valence-electron chi connectivity index (χ3n) is 10.7. The molecule has 3 fully saturated rings. The second-order valence-electron chi connectivity index (χ2n) is 13.8. The van der Waals surface area contributed by atoms with Crippen LogP contribution >= 0.6 is 0 Å². The number of allylic oxidation sites excluding steroid dienone is 3. The highest BCUT2D eigenvalue weighted by Crippen LogP contribution is 2.62. The molecule has 2 aliphatic carbocycles. The number of aromatic hydroxyl groups is 1. The number of phenolic OH excluding ortho intramolecular Hbond substituents is 1. The molecule has 10 atom stereocenters. The van der Waals surface area contributed by atoms with Gasteiger partial charge in [0, 0.05) is 42.7 Å². The average molecular weight is 642 g/mol. The summed E-state index contributed by atoms with van der Waals surface area (Å²) in [4.78, 5) is 14.7. The van der Waals surface area contributed by atoms with Crippen LogP contribution < -0.4 is 4.90 Å². The fraction of sp³-hybridized carbons (Fsp3) is 0.571. The molecule has 4 aliphatic rings. The second kappa shape index (κ2) is 13.2. The Bertz CT molecular complexity index is 1420. The predicted octanol–water partition coefficient (Wildman–Crippen LogP) is 2.40. The normalized spacial score (nSPS) is 39.0. The maximum absolute atomic E-state index is 12.8. The van der Waals surface area contributed by atoms with Crippen molar-refractivity contribution in [3.8, 4) is 5.75 Å². The summed E-state index contributed by atoms with van der Waals surface area (Å²) in [5.41, 5.74) is 1.66. The first-order valence-corrected chi connectivity index (χ1v) is 15.8. The quantitative estimate of drug-likeness (QED) is 0.140. The van der Waals surface area contributed by atoms with Gasteiger partial charge in [0.15, 0.2) is 6.29 Å². The van der Waals surface area contributed by atoms with Gasteiger partial charge >= 0.3 is 5.97 Å². The number of nitrogens with zero attached hydrogens (tertiary/aromatic N) is 1. The number of carbonyl (C=O) groups is 1. The summed E-state index contributed by atoms with van der Waals surface area (Å²) in [6.45, 7) is 7.73. The summed E-state index contributed by atoms with van der Waals surface area (Å²) in [5, 5.41) is 62.0. The SMILES string of the molecule is C=C1CCC2[C@](C)(CC[C@@H](OC3OC(CO)C(O)C(O)C3O)[C@@]2(C)CO)C1C=CC1=CC(=Cc2ccc(N(C)C)cc2O)OC1=O. The zero-order valence-corrected chi connectivity index (χ0v) is 26.9. The van der Waals surface area contributed by atoms with E-state index in [1.165, 1.54) is 0 Å². The van der Waals surface area contributed by atoms with Crippen molar-refractivity contribution < 1.29 is 49.6 Å². The Morgan fingerprint density at radius 2 is 1.85 bits per heavy atom. The largest absolute Gasteiger partial charge is 0.507 e. The molecule has 0 amide bonds. The zero-order valence-electron chi connectivity index (χ0n) is 26.9. The number of esters is 1. The molecule has 1 aromatic carbocycles. The van der Waals surface area contributed by atoms with E-state index >= 15 is 0 Å². The molecule has 46 heavy (non-hydrogen) atoms. The lowest BCUT2D eigenvalue weighted by Gasteiger charge is -2.60. The molecule has 7 unspecified atom stereocenters. The number of rotatable bonds is 8. The molecule has 6 N–H and O–H groups in total. The van der Waals surface area contributed by atoms with Crippen LogP contribution in [0.1, 0.15) is 45.1 Å². The summed E-state index contributed by atoms with van der Waals surface area (Å²) in [5.74, 6) is -0.256. The van der Waals surface area contributed by atoms with Gasteiger partial charge in [-0.15, -0.1) is 0 Å². The molecule has 1 saturated heterocycles. The molecular formula is C35H47NO10. The average Bonchev–Trinajstić information content (AvgIpc) is 3.37. The summed E-state index contributed by atoms with van der Waals surface area (Å²) >= 11 is 0. The van der Waals surface area contributed by atoms with E-state index in [4.69, 9.17) is 14.2 Å². The first-order valence-electron chi connectivity index (χ1n) is 15.8. The molecule has 11 heteroatoms. The monoisotopic (exact) mass is 641 g/mol. The highest BCUT2D eigenvalue weighted by molar-refractivity contribution is 5.96. The predicted molar refractivity (Wildman–Crippen MR) is 170 cm³/mol. The number of ether oxygens (including phenoxy) is 3. The van der Waals surface area contributed by atoms with Gasteiger partial charge in [0.1, 0.15) is 35.9 Å². The van der Waals surface area contributed by atoms with E-state index in [1.54, 1.807) is 30.4 Å². The molecule has 0 spiro atoms. The number of hydrogen-bond donors (Lipinski definition) is 6. The number of phenols is 1. The fourth-order valence-electron chi connectivity index (χ4n) is 7.92. The molecule has 11 nitrogen and oxygen atoms in total. The highest BCUT2D eigenvalue weighted by atomic mass is 16.7. The van der Waals surface area contributed by atoms with Crippen LogP contribution in [0.5, 0.6) is 5.75 Å². The van der Waals surface area contributed by atoms with Crippen molar-refractivity contribution >= 4 is 17.7 Å². The van der Waals surface area contributed by atoms with Gasteiger partial charge < -0.3 is 49.7 Å². The van der Waals surface area contributed by atoms with Crippen LogP contribution in [-0.2, 0) is 19.0 Å². The van der Waals surface area contributed by atoms with Crippen LogP contribution in [0, 0.1) is 22.7 Å². The van der Waals surface area contributed by atoms with Crippen LogP contribution in [0.25, 0.3) is 6.08 Å². The van der Waals surface area contributed by atoms with Crippen molar-refractivity contribution in [2.45, 2.75) is 76.3 Å². The minimum Gasteiger partial charge on any atom is -0.507 e. The summed E-state index contributed by atoms with van der Waals surface area (Å²) in [6, 6.07) is 5.27. The Hall–Kier alpha value is -3.03. The van der Waals surface area contributed by atoms with Gasteiger partial charge in [-0.25, -0.2) is 4.79 Å². The van der Waals surface area contributed by atoms with E-state index in [0.29, 0.717) is 36.2 Å². The highest BCUT2D eigenvalue weighted by Gasteiger charge is 2.59. The van der Waals surface area contributed by atoms with Gasteiger partial charge in [-0.2, -0.15) is 0 Å². The zero-order chi connectivity index (χ0) is 33.6. The smallest absolute Gasteiger partial charge is 0.343 e. The van der Waals surface area contributed by atoms with E-state index in [2.05, 4.69) is 13.5 Å². The molecule has 2 heterocycles. The number of benzene rings is 1. The molecule has 2 saturated carbocycles. The molecule has 252 valence electrons. The number of cyclic esters (lactones) is 1. The topological polar surface area (TPSA) is 169 Å². The Labute approximate surface area is 269 Å². The van der Waals surface area contributed by atoms with Crippen molar-refractivity contribution in [3.05, 3.63) is 65.5 Å². The van der Waals surface area contributed by atoms with Crippen molar-refractivity contribution in [2.75, 3.05) is 32.2 Å². The molecule has 1 aromatic rings. The molecular weight excluding hydrogens is 594 g/mol. The van der Waals surface area contributed by atoms with Crippen LogP contribution in [0.2, 0.25) is 0 Å². The summed E-state index contributed by atoms with van der Waals surface area (Å²) in [7, 11) is 3.76. The van der Waals surface area contributed by atoms with Crippen molar-refractivity contribution in [2.24, 2.45) is 22.7 Å². The fourth-order valence-corrected chi connectivity index (χ4v) is 7.92. The molecule has 0 aromatic heterocycles. The lowest BCUT2D eigenvalue weighted by atomic mass is 9.46. The summed E-state index contributed by atoms with van der Waals surface area (Å²) in [6.07, 6.45) is 2.14. The molecule has 2 aliphatic heterocycles. The Morgan fingerprint density at radius 1 is 1.11 bits per heavy atom. The molecule has 5 rings (SSSR count). The first-order chi connectivity index (χ1) is 21.7. The van der Waals surface area contributed by atoms with Gasteiger partial charge in [-0.05, 0) is 61.3 Å². The van der Waals surface area contributed by atoms with Crippen LogP contribution in [-0.4, -0.2) is 101 Å². The third kappa shape index (κ3) is 6.17. The Morgan fingerprint density at radius 3 is 2.50 bits per heavy atom.